The van der Waals surface area contributed by atoms with E-state index in [2.05, 4.69) is 9.80 Å². The van der Waals surface area contributed by atoms with Crippen LogP contribution in [0.5, 0.6) is 0 Å². The number of hydrogen-bond acceptors (Lipinski definition) is 4. The van der Waals surface area contributed by atoms with Gasteiger partial charge >= 0.3 is 0 Å². The Balaban J connectivity index is 1.33. The van der Waals surface area contributed by atoms with E-state index >= 15 is 0 Å². The molecule has 2 aromatic rings. The maximum absolute atomic E-state index is 14.1. The van der Waals surface area contributed by atoms with Crippen molar-refractivity contribution in [2.24, 2.45) is 0 Å². The molecular weight excluding hydrogens is 374 g/mol. The Morgan fingerprint density at radius 1 is 0.966 bits per heavy atom. The molecule has 154 valence electrons. The molecule has 2 atom stereocenters. The van der Waals surface area contributed by atoms with E-state index in [1.165, 1.54) is 18.2 Å². The van der Waals surface area contributed by atoms with E-state index in [1.54, 1.807) is 6.07 Å². The summed E-state index contributed by atoms with van der Waals surface area (Å²) in [6.07, 6.45) is 2.88. The van der Waals surface area contributed by atoms with Gasteiger partial charge in [0.1, 0.15) is 11.6 Å². The molecule has 0 spiro atoms. The van der Waals surface area contributed by atoms with Gasteiger partial charge < -0.3 is 19.3 Å². The summed E-state index contributed by atoms with van der Waals surface area (Å²) in [5.74, 6) is -0.191. The monoisotopic (exact) mass is 400 g/mol. The average Bonchev–Trinajstić information content (AvgIpc) is 3.35. The molecule has 0 saturated carbocycles. The summed E-state index contributed by atoms with van der Waals surface area (Å²) in [6, 6.07) is 12.0. The van der Waals surface area contributed by atoms with Gasteiger partial charge in [0.25, 0.3) is 0 Å². The average molecular weight is 400 g/mol. The van der Waals surface area contributed by atoms with Crippen LogP contribution in [0.3, 0.4) is 0 Å². The van der Waals surface area contributed by atoms with Crippen LogP contribution in [0.15, 0.2) is 42.5 Å². The summed E-state index contributed by atoms with van der Waals surface area (Å²) in [6.45, 7) is 4.29. The SMILES string of the molecule is Fc1ccc(N2c3ccc(F)cc3C3CN(CCCC4OCCO4)CCC32)cc1. The van der Waals surface area contributed by atoms with Crippen molar-refractivity contribution in [1.29, 1.82) is 0 Å². The summed E-state index contributed by atoms with van der Waals surface area (Å²) in [4.78, 5) is 4.75. The third-order valence-corrected chi connectivity index (χ3v) is 6.35. The molecule has 29 heavy (non-hydrogen) atoms. The summed E-state index contributed by atoms with van der Waals surface area (Å²) >= 11 is 0. The number of ether oxygens (including phenoxy) is 2. The number of hydrogen-bond donors (Lipinski definition) is 0. The van der Waals surface area contributed by atoms with Crippen LogP contribution >= 0.6 is 0 Å². The molecule has 3 aliphatic heterocycles. The molecule has 0 aromatic heterocycles. The van der Waals surface area contributed by atoms with Crippen molar-refractivity contribution in [3.05, 3.63) is 59.7 Å². The molecule has 0 aliphatic carbocycles. The van der Waals surface area contributed by atoms with Gasteiger partial charge in [-0.15, -0.1) is 0 Å². The normalized spacial score (nSPS) is 24.7. The number of benzene rings is 2. The van der Waals surface area contributed by atoms with E-state index in [0.29, 0.717) is 13.2 Å². The minimum Gasteiger partial charge on any atom is -0.350 e. The van der Waals surface area contributed by atoms with E-state index in [0.717, 1.165) is 55.8 Å². The van der Waals surface area contributed by atoms with Crippen LogP contribution in [0.2, 0.25) is 0 Å². The van der Waals surface area contributed by atoms with Crippen LogP contribution in [-0.4, -0.2) is 50.1 Å². The van der Waals surface area contributed by atoms with Gasteiger partial charge in [-0.3, -0.25) is 0 Å². The second-order valence-corrected chi connectivity index (χ2v) is 8.13. The molecule has 3 aliphatic rings. The summed E-state index contributed by atoms with van der Waals surface area (Å²) < 4.78 is 38.6. The first-order valence-corrected chi connectivity index (χ1v) is 10.5. The van der Waals surface area contributed by atoms with Crippen molar-refractivity contribution >= 4 is 11.4 Å². The Morgan fingerprint density at radius 2 is 1.72 bits per heavy atom. The Bertz CT molecular complexity index is 854. The fourth-order valence-corrected chi connectivity index (χ4v) is 5.03. The van der Waals surface area contributed by atoms with E-state index in [1.807, 2.05) is 18.2 Å². The molecule has 0 N–H and O–H groups in total. The van der Waals surface area contributed by atoms with Gasteiger partial charge in [-0.1, -0.05) is 0 Å². The molecule has 6 heteroatoms. The molecule has 5 rings (SSSR count). The number of rotatable bonds is 5. The minimum absolute atomic E-state index is 0.0530. The molecule has 0 radical (unpaired) electrons. The molecule has 2 fully saturated rings. The molecule has 2 unspecified atom stereocenters. The number of anilines is 2. The number of piperidine rings is 1. The first kappa shape index (κ1) is 19.0. The van der Waals surface area contributed by atoms with E-state index in [9.17, 15) is 8.78 Å². The molecule has 2 aromatic carbocycles. The Labute approximate surface area is 170 Å². The van der Waals surface area contributed by atoms with Gasteiger partial charge in [0.2, 0.25) is 0 Å². The molecule has 0 bridgehead atoms. The smallest absolute Gasteiger partial charge is 0.157 e. The lowest BCUT2D eigenvalue weighted by Gasteiger charge is -2.39. The lowest BCUT2D eigenvalue weighted by molar-refractivity contribution is -0.0491. The van der Waals surface area contributed by atoms with E-state index in [-0.39, 0.29) is 29.9 Å². The number of fused-ring (bicyclic) bond motifs is 3. The van der Waals surface area contributed by atoms with Crippen molar-refractivity contribution < 1.29 is 18.3 Å². The second kappa shape index (κ2) is 8.01. The zero-order valence-electron chi connectivity index (χ0n) is 16.4. The highest BCUT2D eigenvalue weighted by Crippen LogP contribution is 2.48. The third kappa shape index (κ3) is 3.77. The summed E-state index contributed by atoms with van der Waals surface area (Å²) in [7, 11) is 0. The number of likely N-dealkylation sites (tertiary alicyclic amines) is 1. The Hall–Kier alpha value is -2.02. The highest BCUT2D eigenvalue weighted by molar-refractivity contribution is 5.73. The predicted octanol–water partition coefficient (Wildman–Crippen LogP) is 4.43. The van der Waals surface area contributed by atoms with Gasteiger partial charge in [-0.25, -0.2) is 8.78 Å². The first-order valence-electron chi connectivity index (χ1n) is 10.5. The fraction of sp³-hybridized carbons (Fsp3) is 0.478. The van der Waals surface area contributed by atoms with Crippen molar-refractivity contribution in [3.63, 3.8) is 0 Å². The fourth-order valence-electron chi connectivity index (χ4n) is 5.03. The number of nitrogens with zero attached hydrogens (tertiary/aromatic N) is 2. The molecule has 2 saturated heterocycles. The summed E-state index contributed by atoms with van der Waals surface area (Å²) in [5.41, 5.74) is 3.07. The zero-order valence-corrected chi connectivity index (χ0v) is 16.4. The van der Waals surface area contributed by atoms with Gasteiger partial charge in [0, 0.05) is 36.4 Å². The van der Waals surface area contributed by atoms with Crippen LogP contribution in [0.1, 0.15) is 30.7 Å². The van der Waals surface area contributed by atoms with Gasteiger partial charge in [0.15, 0.2) is 6.29 Å². The second-order valence-electron chi connectivity index (χ2n) is 8.13. The first-order chi connectivity index (χ1) is 14.2. The molecule has 4 nitrogen and oxygen atoms in total. The van der Waals surface area contributed by atoms with Crippen molar-refractivity contribution in [3.8, 4) is 0 Å². The molecule has 0 amide bonds. The lowest BCUT2D eigenvalue weighted by atomic mass is 9.89. The van der Waals surface area contributed by atoms with Crippen molar-refractivity contribution in [1.82, 2.24) is 4.90 Å². The number of halogens is 2. The van der Waals surface area contributed by atoms with Crippen molar-refractivity contribution in [2.45, 2.75) is 37.5 Å². The minimum atomic E-state index is -0.242. The van der Waals surface area contributed by atoms with Crippen LogP contribution < -0.4 is 4.90 Å². The van der Waals surface area contributed by atoms with Crippen LogP contribution in [0, 0.1) is 11.6 Å². The Morgan fingerprint density at radius 3 is 2.52 bits per heavy atom. The highest BCUT2D eigenvalue weighted by atomic mass is 19.1. The van der Waals surface area contributed by atoms with E-state index < -0.39 is 0 Å². The van der Waals surface area contributed by atoms with Crippen molar-refractivity contribution in [2.75, 3.05) is 37.7 Å². The molecular formula is C23H26F2N2O2. The topological polar surface area (TPSA) is 24.9 Å². The maximum Gasteiger partial charge on any atom is 0.157 e. The Kier molecular flexibility index (Phi) is 5.24. The van der Waals surface area contributed by atoms with Crippen LogP contribution in [0.4, 0.5) is 20.2 Å². The van der Waals surface area contributed by atoms with Crippen LogP contribution in [0.25, 0.3) is 0 Å². The standard InChI is InChI=1S/C23H26F2N2O2/c24-16-3-6-18(7-4-16)27-21-8-5-17(25)14-19(21)20-15-26(11-9-22(20)27)10-1-2-23-28-12-13-29-23/h3-8,14,20,22-23H,1-2,9-13,15H2. The highest BCUT2D eigenvalue weighted by Gasteiger charge is 2.42. The molecule has 3 heterocycles. The third-order valence-electron chi connectivity index (χ3n) is 6.35. The summed E-state index contributed by atoms with van der Waals surface area (Å²) in [5, 5.41) is 0. The zero-order chi connectivity index (χ0) is 19.8. The van der Waals surface area contributed by atoms with Gasteiger partial charge in [-0.2, -0.15) is 0 Å². The quantitative estimate of drug-likeness (QED) is 0.742. The van der Waals surface area contributed by atoms with E-state index in [4.69, 9.17) is 9.47 Å². The van der Waals surface area contributed by atoms with Gasteiger partial charge in [-0.05, 0) is 73.8 Å². The lowest BCUT2D eigenvalue weighted by Crippen LogP contribution is -2.45. The van der Waals surface area contributed by atoms with Crippen LogP contribution in [-0.2, 0) is 9.47 Å². The predicted molar refractivity (Wildman–Crippen MR) is 107 cm³/mol. The van der Waals surface area contributed by atoms with Gasteiger partial charge in [0.05, 0.1) is 13.2 Å². The maximum atomic E-state index is 14.1. The largest absolute Gasteiger partial charge is 0.350 e.